The molecule has 2 aliphatic heterocycles. The van der Waals surface area contributed by atoms with E-state index in [1.165, 1.54) is 51.4 Å². The minimum absolute atomic E-state index is 0.613. The quantitative estimate of drug-likeness (QED) is 0.828. The Morgan fingerprint density at radius 2 is 1.52 bits per heavy atom. The summed E-state index contributed by atoms with van der Waals surface area (Å²) in [6, 6.07) is 3.44. The normalized spacial score (nSPS) is 25.7. The zero-order valence-corrected chi connectivity index (χ0v) is 15.1. The maximum absolute atomic E-state index is 5.02. The zero-order chi connectivity index (χ0) is 16.2. The lowest BCUT2D eigenvalue weighted by Gasteiger charge is -2.38. The third-order valence-electron chi connectivity index (χ3n) is 5.58. The molecule has 2 aliphatic rings. The first kappa shape index (κ1) is 16.5. The van der Waals surface area contributed by atoms with Gasteiger partial charge in [0.2, 0.25) is 5.95 Å². The van der Waals surface area contributed by atoms with Crippen molar-refractivity contribution in [1.82, 2.24) is 9.97 Å². The maximum Gasteiger partial charge on any atom is 0.227 e. The Morgan fingerprint density at radius 1 is 0.913 bits per heavy atom. The van der Waals surface area contributed by atoms with Crippen molar-refractivity contribution in [2.75, 3.05) is 22.9 Å². The highest BCUT2D eigenvalue weighted by atomic mass is 15.3. The molecular weight excluding hydrogens is 284 g/mol. The molecule has 2 unspecified atom stereocenters. The van der Waals surface area contributed by atoms with Crippen molar-refractivity contribution in [2.24, 2.45) is 0 Å². The Bertz CT molecular complexity index is 474. The van der Waals surface area contributed by atoms with Gasteiger partial charge >= 0.3 is 0 Å². The molecule has 0 aliphatic carbocycles. The first-order valence-electron chi connectivity index (χ1n) is 9.62. The summed E-state index contributed by atoms with van der Waals surface area (Å²) in [7, 11) is 0. The van der Waals surface area contributed by atoms with E-state index in [2.05, 4.69) is 36.6 Å². The fourth-order valence-electron chi connectivity index (χ4n) is 4.23. The monoisotopic (exact) mass is 316 g/mol. The molecule has 3 heterocycles. The number of aryl methyl sites for hydroxylation is 1. The first-order chi connectivity index (χ1) is 11.2. The van der Waals surface area contributed by atoms with Crippen LogP contribution in [-0.2, 0) is 0 Å². The molecule has 2 fully saturated rings. The lowest BCUT2D eigenvalue weighted by atomic mass is 10.00. The molecule has 2 saturated heterocycles. The van der Waals surface area contributed by atoms with Gasteiger partial charge in [0.05, 0.1) is 0 Å². The summed E-state index contributed by atoms with van der Waals surface area (Å²) in [6.07, 6.45) is 10.2. The van der Waals surface area contributed by atoms with Crippen LogP contribution in [0, 0.1) is 6.92 Å². The van der Waals surface area contributed by atoms with Crippen molar-refractivity contribution in [1.29, 1.82) is 0 Å². The van der Waals surface area contributed by atoms with Crippen molar-refractivity contribution < 1.29 is 0 Å². The molecule has 1 aromatic rings. The fourth-order valence-corrected chi connectivity index (χ4v) is 4.23. The Labute approximate surface area is 141 Å². The number of aromatic nitrogens is 2. The first-order valence-corrected chi connectivity index (χ1v) is 9.62. The van der Waals surface area contributed by atoms with Gasteiger partial charge in [0, 0.05) is 36.9 Å². The Hall–Kier alpha value is -1.32. The minimum atomic E-state index is 0.613. The Kier molecular flexibility index (Phi) is 5.39. The molecule has 0 aromatic carbocycles. The lowest BCUT2D eigenvalue weighted by molar-refractivity contribution is 0.437. The van der Waals surface area contributed by atoms with Crippen molar-refractivity contribution in [3.8, 4) is 0 Å². The third-order valence-corrected chi connectivity index (χ3v) is 5.58. The van der Waals surface area contributed by atoms with Gasteiger partial charge in [-0.2, -0.15) is 4.98 Å². The SMILES string of the molecule is CCC1CCCCN1c1cc(C)nc(N2CCCCC2CC)n1. The predicted octanol–water partition coefficient (Wildman–Crippen LogP) is 4.32. The molecule has 0 N–H and O–H groups in total. The van der Waals surface area contributed by atoms with Gasteiger partial charge in [0.15, 0.2) is 0 Å². The summed E-state index contributed by atoms with van der Waals surface area (Å²) in [5.74, 6) is 2.12. The van der Waals surface area contributed by atoms with E-state index < -0.39 is 0 Å². The van der Waals surface area contributed by atoms with Crippen molar-refractivity contribution in [2.45, 2.75) is 84.2 Å². The summed E-state index contributed by atoms with van der Waals surface area (Å²) >= 11 is 0. The summed E-state index contributed by atoms with van der Waals surface area (Å²) in [4.78, 5) is 14.8. The second-order valence-corrected chi connectivity index (χ2v) is 7.17. The second-order valence-electron chi connectivity index (χ2n) is 7.17. The molecule has 0 spiro atoms. The molecule has 4 nitrogen and oxygen atoms in total. The van der Waals surface area contributed by atoms with E-state index in [1.807, 2.05) is 0 Å². The van der Waals surface area contributed by atoms with Crippen LogP contribution in [-0.4, -0.2) is 35.1 Å². The van der Waals surface area contributed by atoms with E-state index >= 15 is 0 Å². The van der Waals surface area contributed by atoms with Crippen molar-refractivity contribution in [3.63, 3.8) is 0 Å². The molecule has 128 valence electrons. The van der Waals surface area contributed by atoms with Gasteiger partial charge in [-0.3, -0.25) is 0 Å². The van der Waals surface area contributed by atoms with Gasteiger partial charge in [0.25, 0.3) is 0 Å². The molecule has 0 amide bonds. The number of nitrogens with zero attached hydrogens (tertiary/aromatic N) is 4. The van der Waals surface area contributed by atoms with Crippen LogP contribution in [0.5, 0.6) is 0 Å². The molecule has 23 heavy (non-hydrogen) atoms. The van der Waals surface area contributed by atoms with Gasteiger partial charge in [-0.05, 0) is 58.3 Å². The van der Waals surface area contributed by atoms with E-state index in [9.17, 15) is 0 Å². The fraction of sp³-hybridized carbons (Fsp3) is 0.789. The van der Waals surface area contributed by atoms with Gasteiger partial charge < -0.3 is 9.80 Å². The Balaban J connectivity index is 1.89. The van der Waals surface area contributed by atoms with Gasteiger partial charge in [-0.15, -0.1) is 0 Å². The standard InChI is InChI=1S/C19H32N4/c1-4-16-10-6-8-12-22(16)18-14-15(3)20-19(21-18)23-13-9-7-11-17(23)5-2/h14,16-17H,4-13H2,1-3H3. The highest BCUT2D eigenvalue weighted by Crippen LogP contribution is 2.29. The smallest absolute Gasteiger partial charge is 0.227 e. The van der Waals surface area contributed by atoms with Crippen LogP contribution in [0.1, 0.15) is 70.9 Å². The van der Waals surface area contributed by atoms with E-state index in [-0.39, 0.29) is 0 Å². The average molecular weight is 316 g/mol. The lowest BCUT2D eigenvalue weighted by Crippen LogP contribution is -2.42. The van der Waals surface area contributed by atoms with Crippen LogP contribution in [0.4, 0.5) is 11.8 Å². The molecular formula is C19H32N4. The van der Waals surface area contributed by atoms with E-state index in [4.69, 9.17) is 9.97 Å². The van der Waals surface area contributed by atoms with E-state index in [0.717, 1.165) is 30.5 Å². The van der Waals surface area contributed by atoms with Crippen molar-refractivity contribution >= 4 is 11.8 Å². The van der Waals surface area contributed by atoms with Gasteiger partial charge in [0.1, 0.15) is 5.82 Å². The third kappa shape index (κ3) is 3.61. The van der Waals surface area contributed by atoms with Crippen LogP contribution >= 0.6 is 0 Å². The largest absolute Gasteiger partial charge is 0.353 e. The summed E-state index contributed by atoms with van der Waals surface area (Å²) in [5.41, 5.74) is 1.10. The number of rotatable bonds is 4. The highest BCUT2D eigenvalue weighted by Gasteiger charge is 2.26. The maximum atomic E-state index is 5.02. The second kappa shape index (κ2) is 7.50. The number of hydrogen-bond acceptors (Lipinski definition) is 4. The average Bonchev–Trinajstić information content (AvgIpc) is 2.61. The van der Waals surface area contributed by atoms with E-state index in [1.54, 1.807) is 0 Å². The van der Waals surface area contributed by atoms with Crippen LogP contribution in [0.15, 0.2) is 6.07 Å². The minimum Gasteiger partial charge on any atom is -0.353 e. The van der Waals surface area contributed by atoms with E-state index in [0.29, 0.717) is 12.1 Å². The molecule has 0 saturated carbocycles. The number of piperidine rings is 2. The topological polar surface area (TPSA) is 32.3 Å². The highest BCUT2D eigenvalue weighted by molar-refractivity contribution is 5.47. The molecule has 3 rings (SSSR count). The summed E-state index contributed by atoms with van der Waals surface area (Å²) in [6.45, 7) is 8.96. The molecule has 0 bridgehead atoms. The molecule has 4 heteroatoms. The van der Waals surface area contributed by atoms with Crippen LogP contribution in [0.2, 0.25) is 0 Å². The van der Waals surface area contributed by atoms with Gasteiger partial charge in [-0.1, -0.05) is 13.8 Å². The molecule has 2 atom stereocenters. The number of hydrogen-bond donors (Lipinski definition) is 0. The van der Waals surface area contributed by atoms with Crippen LogP contribution in [0.3, 0.4) is 0 Å². The molecule has 0 radical (unpaired) electrons. The Morgan fingerprint density at radius 3 is 2.17 bits per heavy atom. The van der Waals surface area contributed by atoms with Crippen LogP contribution < -0.4 is 9.80 Å². The number of anilines is 2. The van der Waals surface area contributed by atoms with Crippen LogP contribution in [0.25, 0.3) is 0 Å². The van der Waals surface area contributed by atoms with Crippen molar-refractivity contribution in [3.05, 3.63) is 11.8 Å². The predicted molar refractivity (Wildman–Crippen MR) is 97.3 cm³/mol. The molecule has 1 aromatic heterocycles. The summed E-state index contributed by atoms with van der Waals surface area (Å²) < 4.78 is 0. The summed E-state index contributed by atoms with van der Waals surface area (Å²) in [5, 5.41) is 0. The van der Waals surface area contributed by atoms with Gasteiger partial charge in [-0.25, -0.2) is 4.98 Å². The zero-order valence-electron chi connectivity index (χ0n) is 15.1.